The average Bonchev–Trinajstić information content (AvgIpc) is 2.02. The molecule has 2 radical (unpaired) electrons. The first kappa shape index (κ1) is 11.6. The van der Waals surface area contributed by atoms with Gasteiger partial charge >= 0.3 is 0 Å². The third kappa shape index (κ3) is 3.71. The molecule has 1 aromatic carbocycles. The van der Waals surface area contributed by atoms with Gasteiger partial charge in [-0.15, -0.1) is 9.24 Å². The first-order valence-corrected chi connectivity index (χ1v) is 5.33. The first-order chi connectivity index (χ1) is 6.38. The van der Waals surface area contributed by atoms with Gasteiger partial charge < -0.3 is 4.74 Å². The maximum absolute atomic E-state index is 5.71. The van der Waals surface area contributed by atoms with Crippen molar-refractivity contribution in [2.75, 3.05) is 0 Å². The van der Waals surface area contributed by atoms with Gasteiger partial charge in [-0.25, -0.2) is 0 Å². The zero-order valence-electron chi connectivity index (χ0n) is 8.95. The van der Waals surface area contributed by atoms with E-state index in [0.717, 1.165) is 5.75 Å². The SMILES string of the molecule is [B]C(C)(P)Oc1ccc(C(C)C)cc1. The Balaban J connectivity index is 2.74. The molecule has 0 spiro atoms. The van der Waals surface area contributed by atoms with Crippen LogP contribution in [-0.2, 0) is 0 Å². The Morgan fingerprint density at radius 1 is 1.29 bits per heavy atom. The highest BCUT2D eigenvalue weighted by molar-refractivity contribution is 7.21. The molecular weight excluding hydrogens is 190 g/mol. The fourth-order valence-electron chi connectivity index (χ4n) is 1.17. The van der Waals surface area contributed by atoms with Crippen LogP contribution in [0.3, 0.4) is 0 Å². The molecule has 0 aliphatic rings. The molecule has 0 aromatic heterocycles. The molecule has 0 heterocycles. The van der Waals surface area contributed by atoms with Crippen molar-refractivity contribution >= 4 is 17.1 Å². The molecule has 0 saturated heterocycles. The molecule has 3 heteroatoms. The van der Waals surface area contributed by atoms with Gasteiger partial charge in [0.15, 0.2) is 0 Å². The summed E-state index contributed by atoms with van der Waals surface area (Å²) in [5, 5.41) is -0.695. The summed E-state index contributed by atoms with van der Waals surface area (Å²) in [4.78, 5) is 0. The summed E-state index contributed by atoms with van der Waals surface area (Å²) in [5.74, 6) is 1.35. The number of ether oxygens (including phenoxy) is 1. The van der Waals surface area contributed by atoms with Gasteiger partial charge in [0.05, 0.1) is 5.24 Å². The van der Waals surface area contributed by atoms with Crippen LogP contribution in [0.15, 0.2) is 24.3 Å². The van der Waals surface area contributed by atoms with E-state index < -0.39 is 5.24 Å². The summed E-state index contributed by atoms with van der Waals surface area (Å²) in [6.45, 7) is 6.13. The van der Waals surface area contributed by atoms with Gasteiger partial charge in [0.2, 0.25) is 0 Å². The van der Waals surface area contributed by atoms with E-state index in [4.69, 9.17) is 12.6 Å². The number of hydrogen-bond acceptors (Lipinski definition) is 1. The summed E-state index contributed by atoms with van der Waals surface area (Å²) in [5.41, 5.74) is 1.31. The lowest BCUT2D eigenvalue weighted by atomic mass is 10.0. The van der Waals surface area contributed by atoms with Crippen LogP contribution < -0.4 is 4.74 Å². The van der Waals surface area contributed by atoms with Crippen molar-refractivity contribution in [2.24, 2.45) is 0 Å². The summed E-state index contributed by atoms with van der Waals surface area (Å²) in [7, 11) is 8.16. The van der Waals surface area contributed by atoms with Gasteiger partial charge in [0.25, 0.3) is 0 Å². The molecule has 14 heavy (non-hydrogen) atoms. The molecule has 0 saturated carbocycles. The molecular formula is C11H16BOP. The first-order valence-electron chi connectivity index (χ1n) is 4.75. The largest absolute Gasteiger partial charge is 0.494 e. The Kier molecular flexibility index (Phi) is 3.61. The van der Waals surface area contributed by atoms with E-state index in [-0.39, 0.29) is 0 Å². The number of rotatable bonds is 3. The highest BCUT2D eigenvalue weighted by Gasteiger charge is 2.11. The van der Waals surface area contributed by atoms with Crippen LogP contribution in [0.5, 0.6) is 5.75 Å². The minimum atomic E-state index is -0.695. The predicted octanol–water partition coefficient (Wildman–Crippen LogP) is 2.91. The summed E-state index contributed by atoms with van der Waals surface area (Å²) in [6, 6.07) is 8.03. The Hall–Kier alpha value is -0.485. The maximum atomic E-state index is 5.71. The van der Waals surface area contributed by atoms with Crippen molar-refractivity contribution in [2.45, 2.75) is 31.9 Å². The van der Waals surface area contributed by atoms with Crippen molar-refractivity contribution in [3.05, 3.63) is 29.8 Å². The van der Waals surface area contributed by atoms with Gasteiger partial charge in [-0.3, -0.25) is 0 Å². The fourth-order valence-corrected chi connectivity index (χ4v) is 1.31. The van der Waals surface area contributed by atoms with Crippen LogP contribution >= 0.6 is 9.24 Å². The van der Waals surface area contributed by atoms with E-state index in [1.807, 2.05) is 12.1 Å². The Labute approximate surface area is 89.9 Å². The van der Waals surface area contributed by atoms with Gasteiger partial charge in [-0.1, -0.05) is 26.0 Å². The van der Waals surface area contributed by atoms with E-state index in [0.29, 0.717) is 5.92 Å². The van der Waals surface area contributed by atoms with Crippen LogP contribution in [0.2, 0.25) is 0 Å². The third-order valence-electron chi connectivity index (χ3n) is 1.88. The molecule has 1 aromatic rings. The van der Waals surface area contributed by atoms with Crippen LogP contribution in [0.1, 0.15) is 32.3 Å². The van der Waals surface area contributed by atoms with E-state index in [2.05, 4.69) is 35.2 Å². The molecule has 0 aliphatic carbocycles. The molecule has 1 nitrogen and oxygen atoms in total. The van der Waals surface area contributed by atoms with E-state index in [1.165, 1.54) is 5.56 Å². The van der Waals surface area contributed by atoms with Crippen molar-refractivity contribution in [3.63, 3.8) is 0 Å². The molecule has 74 valence electrons. The molecule has 0 N–H and O–H groups in total. The fraction of sp³-hybridized carbons (Fsp3) is 0.455. The average molecular weight is 206 g/mol. The number of benzene rings is 1. The standard InChI is InChI=1S/C11H16BOP/c1-8(2)9-4-6-10(7-5-9)13-11(3,12)14/h4-8H,14H2,1-3H3. The van der Waals surface area contributed by atoms with Gasteiger partial charge in [-0.2, -0.15) is 0 Å². The topological polar surface area (TPSA) is 9.23 Å². The molecule has 0 fully saturated rings. The second-order valence-electron chi connectivity index (χ2n) is 4.01. The van der Waals surface area contributed by atoms with Crippen LogP contribution in [0, 0.1) is 0 Å². The normalized spacial score (nSPS) is 15.2. The lowest BCUT2D eigenvalue weighted by Gasteiger charge is -2.22. The van der Waals surface area contributed by atoms with Crippen molar-refractivity contribution in [1.29, 1.82) is 0 Å². The zero-order chi connectivity index (χ0) is 10.8. The molecule has 1 rings (SSSR count). The number of hydrogen-bond donors (Lipinski definition) is 0. The van der Waals surface area contributed by atoms with Crippen LogP contribution in [-0.4, -0.2) is 13.1 Å². The Morgan fingerprint density at radius 3 is 2.14 bits per heavy atom. The minimum Gasteiger partial charge on any atom is -0.494 e. The Bertz CT molecular complexity index is 287. The molecule has 0 amide bonds. The summed E-state index contributed by atoms with van der Waals surface area (Å²) in [6.07, 6.45) is 0. The van der Waals surface area contributed by atoms with E-state index in [1.54, 1.807) is 6.92 Å². The second-order valence-corrected chi connectivity index (χ2v) is 5.16. The minimum absolute atomic E-state index is 0.546. The highest BCUT2D eigenvalue weighted by atomic mass is 31.0. The van der Waals surface area contributed by atoms with Gasteiger partial charge in [0, 0.05) is 0 Å². The van der Waals surface area contributed by atoms with Crippen molar-refractivity contribution in [1.82, 2.24) is 0 Å². The van der Waals surface area contributed by atoms with Gasteiger partial charge in [-0.05, 0) is 30.5 Å². The second kappa shape index (κ2) is 4.36. The highest BCUT2D eigenvalue weighted by Crippen LogP contribution is 2.23. The lowest BCUT2D eigenvalue weighted by Crippen LogP contribution is -2.23. The Morgan fingerprint density at radius 2 is 1.79 bits per heavy atom. The zero-order valence-corrected chi connectivity index (χ0v) is 10.1. The monoisotopic (exact) mass is 206 g/mol. The van der Waals surface area contributed by atoms with Crippen molar-refractivity contribution < 1.29 is 4.74 Å². The molecule has 0 bridgehead atoms. The van der Waals surface area contributed by atoms with E-state index in [9.17, 15) is 0 Å². The van der Waals surface area contributed by atoms with E-state index >= 15 is 0 Å². The maximum Gasteiger partial charge on any atom is 0.136 e. The quantitative estimate of drug-likeness (QED) is 0.545. The molecule has 0 aliphatic heterocycles. The summed E-state index contributed by atoms with van der Waals surface area (Å²) < 4.78 is 5.48. The lowest BCUT2D eigenvalue weighted by molar-refractivity contribution is 0.268. The molecule has 2 unspecified atom stereocenters. The van der Waals surface area contributed by atoms with Crippen molar-refractivity contribution in [3.8, 4) is 5.75 Å². The van der Waals surface area contributed by atoms with Crippen LogP contribution in [0.4, 0.5) is 0 Å². The smallest absolute Gasteiger partial charge is 0.136 e. The van der Waals surface area contributed by atoms with Crippen LogP contribution in [0.25, 0.3) is 0 Å². The van der Waals surface area contributed by atoms with Gasteiger partial charge in [0.1, 0.15) is 13.6 Å². The predicted molar refractivity (Wildman–Crippen MR) is 65.0 cm³/mol. The molecule has 2 atom stereocenters. The third-order valence-corrected chi connectivity index (χ3v) is 2.00. The summed E-state index contributed by atoms with van der Waals surface area (Å²) >= 11 is 0.